The van der Waals surface area contributed by atoms with Gasteiger partial charge in [-0.05, 0) is 17.7 Å². The van der Waals surface area contributed by atoms with Crippen molar-refractivity contribution in [2.24, 2.45) is 0 Å². The molecule has 1 heterocycles. The van der Waals surface area contributed by atoms with Crippen LogP contribution in [-0.2, 0) is 9.59 Å². The van der Waals surface area contributed by atoms with Gasteiger partial charge in [0.25, 0.3) is 0 Å². The van der Waals surface area contributed by atoms with Crippen molar-refractivity contribution in [1.82, 2.24) is 4.90 Å². The number of benzene rings is 1. The van der Waals surface area contributed by atoms with Crippen molar-refractivity contribution in [3.05, 3.63) is 39.9 Å². The summed E-state index contributed by atoms with van der Waals surface area (Å²) in [6.45, 7) is 0.00339. The van der Waals surface area contributed by atoms with Gasteiger partial charge in [0.2, 0.25) is 5.91 Å². The standard InChI is InChI=1S/C14H13Cl2NO4/c15-10-3-1-2-8(13(10)16)4-5-12(19)17-7-9(18)6-11(17)14(20)21/h1-5,9,11,18H,6-7H2,(H,20,21)/t9-,11+/m1/s1. The molecule has 1 aromatic rings. The molecule has 1 aliphatic heterocycles. The zero-order valence-corrected chi connectivity index (χ0v) is 12.4. The van der Waals surface area contributed by atoms with E-state index in [1.165, 1.54) is 12.2 Å². The predicted molar refractivity (Wildman–Crippen MR) is 79.3 cm³/mol. The van der Waals surface area contributed by atoms with Crippen molar-refractivity contribution in [3.63, 3.8) is 0 Å². The average Bonchev–Trinajstić information content (AvgIpc) is 2.82. The van der Waals surface area contributed by atoms with Gasteiger partial charge >= 0.3 is 5.97 Å². The number of β-amino-alcohol motifs (C(OH)–C–C–N with tert-alkyl or cyclic N) is 1. The number of hydrogen-bond donors (Lipinski definition) is 2. The minimum absolute atomic E-state index is 0.00339. The van der Waals surface area contributed by atoms with Crippen molar-refractivity contribution in [2.45, 2.75) is 18.6 Å². The van der Waals surface area contributed by atoms with Crippen LogP contribution >= 0.6 is 23.2 Å². The number of halogens is 2. The van der Waals surface area contributed by atoms with Crippen LogP contribution in [0, 0.1) is 0 Å². The summed E-state index contributed by atoms with van der Waals surface area (Å²) in [4.78, 5) is 24.3. The number of amides is 1. The number of carbonyl (C=O) groups excluding carboxylic acids is 1. The Bertz CT molecular complexity index is 603. The molecule has 0 aromatic heterocycles. The van der Waals surface area contributed by atoms with Gasteiger partial charge in [-0.25, -0.2) is 4.79 Å². The SMILES string of the molecule is O=C(O)[C@@H]1C[C@@H](O)CN1C(=O)C=Cc1cccc(Cl)c1Cl. The molecular weight excluding hydrogens is 317 g/mol. The van der Waals surface area contributed by atoms with Crippen molar-refractivity contribution >= 4 is 41.2 Å². The number of nitrogens with zero attached hydrogens (tertiary/aromatic N) is 1. The average molecular weight is 330 g/mol. The van der Waals surface area contributed by atoms with Crippen LogP contribution in [0.1, 0.15) is 12.0 Å². The van der Waals surface area contributed by atoms with E-state index in [1.54, 1.807) is 18.2 Å². The molecule has 5 nitrogen and oxygen atoms in total. The van der Waals surface area contributed by atoms with E-state index in [4.69, 9.17) is 28.3 Å². The molecule has 2 N–H and O–H groups in total. The lowest BCUT2D eigenvalue weighted by atomic mass is 10.2. The number of carboxylic acids is 1. The van der Waals surface area contributed by atoms with E-state index in [2.05, 4.69) is 0 Å². The molecule has 0 aliphatic carbocycles. The van der Waals surface area contributed by atoms with E-state index in [1.807, 2.05) is 0 Å². The molecule has 1 aromatic carbocycles. The Morgan fingerprint density at radius 2 is 2.05 bits per heavy atom. The molecule has 1 saturated heterocycles. The predicted octanol–water partition coefficient (Wildman–Crippen LogP) is 2.05. The lowest BCUT2D eigenvalue weighted by molar-refractivity contribution is -0.146. The maximum Gasteiger partial charge on any atom is 0.326 e. The fourth-order valence-corrected chi connectivity index (χ4v) is 2.57. The first-order chi connectivity index (χ1) is 9.90. The zero-order chi connectivity index (χ0) is 15.6. The highest BCUT2D eigenvalue weighted by Gasteiger charge is 2.37. The molecule has 0 bridgehead atoms. The van der Waals surface area contributed by atoms with E-state index in [0.717, 1.165) is 4.90 Å². The number of aliphatic carboxylic acids is 1. The first-order valence-corrected chi connectivity index (χ1v) is 6.99. The Balaban J connectivity index is 2.15. The van der Waals surface area contributed by atoms with Crippen LogP contribution in [0.15, 0.2) is 24.3 Å². The molecule has 1 fully saturated rings. The second kappa shape index (κ2) is 6.47. The van der Waals surface area contributed by atoms with Crippen LogP contribution in [0.4, 0.5) is 0 Å². The highest BCUT2D eigenvalue weighted by atomic mass is 35.5. The van der Waals surface area contributed by atoms with Crippen molar-refractivity contribution < 1.29 is 19.8 Å². The molecular formula is C14H13Cl2NO4. The molecule has 0 spiro atoms. The summed E-state index contributed by atoms with van der Waals surface area (Å²) < 4.78 is 0. The maximum atomic E-state index is 12.1. The number of hydrogen-bond acceptors (Lipinski definition) is 3. The van der Waals surface area contributed by atoms with Gasteiger partial charge in [0.05, 0.1) is 16.1 Å². The molecule has 1 amide bonds. The van der Waals surface area contributed by atoms with Gasteiger partial charge in [0.1, 0.15) is 6.04 Å². The lowest BCUT2D eigenvalue weighted by Crippen LogP contribution is -2.39. The highest BCUT2D eigenvalue weighted by Crippen LogP contribution is 2.26. The van der Waals surface area contributed by atoms with E-state index in [0.29, 0.717) is 15.6 Å². The molecule has 7 heteroatoms. The van der Waals surface area contributed by atoms with Crippen LogP contribution in [0.2, 0.25) is 10.0 Å². The number of rotatable bonds is 3. The molecule has 2 rings (SSSR count). The largest absolute Gasteiger partial charge is 0.480 e. The number of aliphatic hydroxyl groups is 1. The fourth-order valence-electron chi connectivity index (χ4n) is 2.20. The highest BCUT2D eigenvalue weighted by molar-refractivity contribution is 6.42. The zero-order valence-electron chi connectivity index (χ0n) is 10.9. The Morgan fingerprint density at radius 3 is 2.71 bits per heavy atom. The third-order valence-electron chi connectivity index (χ3n) is 3.23. The van der Waals surface area contributed by atoms with Gasteiger partial charge in [0.15, 0.2) is 0 Å². The maximum absolute atomic E-state index is 12.1. The fraction of sp³-hybridized carbons (Fsp3) is 0.286. The molecule has 112 valence electrons. The van der Waals surface area contributed by atoms with E-state index >= 15 is 0 Å². The summed E-state index contributed by atoms with van der Waals surface area (Å²) in [5.41, 5.74) is 0.559. The lowest BCUT2D eigenvalue weighted by Gasteiger charge is -2.19. The molecule has 1 aliphatic rings. The number of carbonyl (C=O) groups is 2. The van der Waals surface area contributed by atoms with Crippen LogP contribution in [0.5, 0.6) is 0 Å². The van der Waals surface area contributed by atoms with Crippen LogP contribution in [0.25, 0.3) is 6.08 Å². The quantitative estimate of drug-likeness (QED) is 0.832. The van der Waals surface area contributed by atoms with E-state index in [9.17, 15) is 14.7 Å². The number of aliphatic hydroxyl groups excluding tert-OH is 1. The summed E-state index contributed by atoms with van der Waals surface area (Å²) in [6, 6.07) is 4.00. The van der Waals surface area contributed by atoms with Gasteiger partial charge < -0.3 is 15.1 Å². The van der Waals surface area contributed by atoms with Gasteiger partial charge in [-0.15, -0.1) is 0 Å². The third-order valence-corrected chi connectivity index (χ3v) is 4.07. The number of carboxylic acid groups (broad SMARTS) is 1. The van der Waals surface area contributed by atoms with Gasteiger partial charge in [-0.1, -0.05) is 35.3 Å². The Morgan fingerprint density at radius 1 is 1.33 bits per heavy atom. The minimum Gasteiger partial charge on any atom is -0.480 e. The molecule has 0 saturated carbocycles. The van der Waals surface area contributed by atoms with Gasteiger partial charge in [-0.2, -0.15) is 0 Å². The van der Waals surface area contributed by atoms with E-state index < -0.39 is 24.0 Å². The summed E-state index contributed by atoms with van der Waals surface area (Å²) in [5.74, 6) is -1.62. The van der Waals surface area contributed by atoms with E-state index in [-0.39, 0.29) is 13.0 Å². The Labute approximate surface area is 131 Å². The molecule has 2 atom stereocenters. The van der Waals surface area contributed by atoms with Crippen LogP contribution in [-0.4, -0.2) is 45.7 Å². The van der Waals surface area contributed by atoms with Crippen molar-refractivity contribution in [3.8, 4) is 0 Å². The van der Waals surface area contributed by atoms with Crippen LogP contribution < -0.4 is 0 Å². The number of likely N-dealkylation sites (tertiary alicyclic amines) is 1. The normalized spacial score (nSPS) is 22.0. The second-order valence-corrected chi connectivity index (χ2v) is 5.50. The monoisotopic (exact) mass is 329 g/mol. The molecule has 0 unspecified atom stereocenters. The summed E-state index contributed by atoms with van der Waals surface area (Å²) in [6.07, 6.45) is 1.91. The molecule has 21 heavy (non-hydrogen) atoms. The summed E-state index contributed by atoms with van der Waals surface area (Å²) in [5, 5.41) is 19.2. The van der Waals surface area contributed by atoms with Crippen molar-refractivity contribution in [2.75, 3.05) is 6.54 Å². The third kappa shape index (κ3) is 3.56. The Hall–Kier alpha value is -1.56. The smallest absolute Gasteiger partial charge is 0.326 e. The molecule has 0 radical (unpaired) electrons. The van der Waals surface area contributed by atoms with Gasteiger partial charge in [0, 0.05) is 19.0 Å². The van der Waals surface area contributed by atoms with Crippen molar-refractivity contribution in [1.29, 1.82) is 0 Å². The second-order valence-electron chi connectivity index (χ2n) is 4.71. The Kier molecular flexibility index (Phi) is 4.88. The van der Waals surface area contributed by atoms with Gasteiger partial charge in [-0.3, -0.25) is 4.79 Å². The summed E-state index contributed by atoms with van der Waals surface area (Å²) in [7, 11) is 0. The first-order valence-electron chi connectivity index (χ1n) is 6.23. The topological polar surface area (TPSA) is 77.8 Å². The summed E-state index contributed by atoms with van der Waals surface area (Å²) >= 11 is 11.9. The van der Waals surface area contributed by atoms with Crippen LogP contribution in [0.3, 0.4) is 0 Å². The first kappa shape index (κ1) is 15.8. The minimum atomic E-state index is -1.13.